The maximum atomic E-state index is 12.1. The van der Waals surface area contributed by atoms with Gasteiger partial charge in [0, 0.05) is 17.7 Å². The summed E-state index contributed by atoms with van der Waals surface area (Å²) in [6, 6.07) is 9.46. The van der Waals surface area contributed by atoms with Gasteiger partial charge in [-0.2, -0.15) is 0 Å². The Morgan fingerprint density at radius 3 is 2.50 bits per heavy atom. The minimum atomic E-state index is -2.16. The maximum absolute atomic E-state index is 12.1. The lowest BCUT2D eigenvalue weighted by molar-refractivity contribution is 0.676. The molecule has 0 aliphatic carbocycles. The van der Waals surface area contributed by atoms with Crippen molar-refractivity contribution in [1.29, 1.82) is 0 Å². The van der Waals surface area contributed by atoms with E-state index in [2.05, 4.69) is 11.3 Å². The Balaban J connectivity index is 2.86. The smallest absolute Gasteiger partial charge is 0.0723 e. The van der Waals surface area contributed by atoms with Crippen molar-refractivity contribution in [2.45, 2.75) is 24.7 Å². The molecule has 0 spiro atoms. The van der Waals surface area contributed by atoms with Gasteiger partial charge in [0.05, 0.1) is 9.73 Å². The Labute approximate surface area is 86.5 Å². The van der Waals surface area contributed by atoms with Crippen molar-refractivity contribution in [3.8, 4) is 0 Å². The molecule has 0 saturated carbocycles. The van der Waals surface area contributed by atoms with Crippen LogP contribution in [-0.2, 0) is 9.73 Å². The molecule has 2 nitrogen and oxygen atoms in total. The van der Waals surface area contributed by atoms with Gasteiger partial charge in [0.2, 0.25) is 0 Å². The number of nitrogens with zero attached hydrogens (tertiary/aromatic N) is 1. The molecule has 0 aromatic heterocycles. The lowest BCUT2D eigenvalue weighted by atomic mass is 10.3. The van der Waals surface area contributed by atoms with E-state index >= 15 is 0 Å². The molecule has 1 aromatic carbocycles. The number of unbranched alkanes of at least 4 members (excludes halogenated alkanes) is 1. The van der Waals surface area contributed by atoms with Crippen LogP contribution in [0.1, 0.15) is 19.8 Å². The van der Waals surface area contributed by atoms with Crippen LogP contribution in [0.5, 0.6) is 0 Å². The van der Waals surface area contributed by atoms with Gasteiger partial charge in [-0.05, 0) is 18.6 Å². The lowest BCUT2D eigenvalue weighted by Gasteiger charge is -2.03. The van der Waals surface area contributed by atoms with Gasteiger partial charge >= 0.3 is 0 Å². The summed E-state index contributed by atoms with van der Waals surface area (Å²) in [7, 11) is -2.16. The third-order valence-electron chi connectivity index (χ3n) is 2.03. The van der Waals surface area contributed by atoms with E-state index in [1.807, 2.05) is 30.3 Å². The second-order valence-electron chi connectivity index (χ2n) is 3.32. The molecule has 0 bridgehead atoms. The zero-order chi connectivity index (χ0) is 10.4. The Kier molecular flexibility index (Phi) is 4.14. The molecule has 1 rings (SSSR count). The molecule has 1 unspecified atom stereocenters. The molecular formula is C11H17NOS. The number of hydrogen-bond donors (Lipinski definition) is 0. The van der Waals surface area contributed by atoms with Gasteiger partial charge in [0.15, 0.2) is 0 Å². The van der Waals surface area contributed by atoms with Crippen LogP contribution >= 0.6 is 0 Å². The van der Waals surface area contributed by atoms with Gasteiger partial charge in [-0.25, -0.2) is 8.57 Å². The molecule has 3 heteroatoms. The average Bonchev–Trinajstić information content (AvgIpc) is 2.19. The molecule has 1 atom stereocenters. The first-order chi connectivity index (χ1) is 6.67. The van der Waals surface area contributed by atoms with Gasteiger partial charge in [-0.3, -0.25) is 0 Å². The Hall–Kier alpha value is -0.830. The fourth-order valence-electron chi connectivity index (χ4n) is 1.14. The van der Waals surface area contributed by atoms with E-state index in [9.17, 15) is 4.21 Å². The zero-order valence-corrected chi connectivity index (χ0v) is 9.59. The van der Waals surface area contributed by atoms with Crippen LogP contribution in [0.25, 0.3) is 0 Å². The van der Waals surface area contributed by atoms with E-state index in [0.29, 0.717) is 6.54 Å². The first kappa shape index (κ1) is 11.2. The molecule has 1 aromatic rings. The Morgan fingerprint density at radius 1 is 1.29 bits per heavy atom. The van der Waals surface area contributed by atoms with Crippen molar-refractivity contribution in [3.63, 3.8) is 0 Å². The van der Waals surface area contributed by atoms with E-state index in [1.54, 1.807) is 6.26 Å². The molecule has 0 amide bonds. The highest BCUT2D eigenvalue weighted by Gasteiger charge is 2.02. The lowest BCUT2D eigenvalue weighted by Crippen LogP contribution is -1.98. The van der Waals surface area contributed by atoms with Crippen LogP contribution in [0.2, 0.25) is 0 Å². The molecule has 0 radical (unpaired) electrons. The first-order valence-electron chi connectivity index (χ1n) is 4.90. The summed E-state index contributed by atoms with van der Waals surface area (Å²) in [5, 5.41) is 0. The van der Waals surface area contributed by atoms with Gasteiger partial charge < -0.3 is 0 Å². The van der Waals surface area contributed by atoms with E-state index in [1.165, 1.54) is 0 Å². The predicted octanol–water partition coefficient (Wildman–Crippen LogP) is 2.94. The fourth-order valence-corrected chi connectivity index (χ4v) is 2.43. The normalized spacial score (nSPS) is 14.7. The SMILES string of the molecule is CCCCN=S(C)(=O)c1ccccc1. The third kappa shape index (κ3) is 3.14. The van der Waals surface area contributed by atoms with Crippen molar-refractivity contribution >= 4 is 9.73 Å². The molecule has 14 heavy (non-hydrogen) atoms. The van der Waals surface area contributed by atoms with Gasteiger partial charge in [0.25, 0.3) is 0 Å². The van der Waals surface area contributed by atoms with Crippen LogP contribution in [0.4, 0.5) is 0 Å². The zero-order valence-electron chi connectivity index (χ0n) is 8.77. The first-order valence-corrected chi connectivity index (χ1v) is 6.82. The molecular weight excluding hydrogens is 194 g/mol. The van der Waals surface area contributed by atoms with E-state index in [4.69, 9.17) is 0 Å². The summed E-state index contributed by atoms with van der Waals surface area (Å²) in [5.41, 5.74) is 0. The fraction of sp³-hybridized carbons (Fsp3) is 0.455. The average molecular weight is 211 g/mol. The van der Waals surface area contributed by atoms with Crippen molar-refractivity contribution < 1.29 is 4.21 Å². The van der Waals surface area contributed by atoms with Crippen LogP contribution in [0, 0.1) is 0 Å². The molecule has 0 aliphatic heterocycles. The highest BCUT2D eigenvalue weighted by Crippen LogP contribution is 2.10. The van der Waals surface area contributed by atoms with Crippen LogP contribution in [0.15, 0.2) is 39.6 Å². The standard InChI is InChI=1S/C11H17NOS/c1-3-4-10-12-14(2,13)11-8-6-5-7-9-11/h5-9H,3-4,10H2,1-2H3. The monoisotopic (exact) mass is 211 g/mol. The summed E-state index contributed by atoms with van der Waals surface area (Å²) in [5.74, 6) is 0. The summed E-state index contributed by atoms with van der Waals surface area (Å²) in [4.78, 5) is 0.830. The van der Waals surface area contributed by atoms with Crippen LogP contribution in [-0.4, -0.2) is 17.0 Å². The minimum absolute atomic E-state index is 0.695. The van der Waals surface area contributed by atoms with Gasteiger partial charge in [-0.15, -0.1) is 0 Å². The van der Waals surface area contributed by atoms with Crippen molar-refractivity contribution in [2.24, 2.45) is 4.36 Å². The van der Waals surface area contributed by atoms with Crippen LogP contribution < -0.4 is 0 Å². The number of benzene rings is 1. The molecule has 0 saturated heterocycles. The van der Waals surface area contributed by atoms with E-state index in [0.717, 1.165) is 17.7 Å². The molecule has 0 fully saturated rings. The molecule has 78 valence electrons. The molecule has 0 aliphatic rings. The van der Waals surface area contributed by atoms with Crippen molar-refractivity contribution in [2.75, 3.05) is 12.8 Å². The summed E-state index contributed by atoms with van der Waals surface area (Å²) >= 11 is 0. The number of rotatable bonds is 4. The van der Waals surface area contributed by atoms with E-state index in [-0.39, 0.29) is 0 Å². The summed E-state index contributed by atoms with van der Waals surface area (Å²) in [6.07, 6.45) is 3.81. The van der Waals surface area contributed by atoms with E-state index < -0.39 is 9.73 Å². The van der Waals surface area contributed by atoms with Gasteiger partial charge in [-0.1, -0.05) is 31.5 Å². The molecule has 0 N–H and O–H groups in total. The summed E-state index contributed by atoms with van der Waals surface area (Å²) < 4.78 is 16.3. The largest absolute Gasteiger partial charge is 0.245 e. The quantitative estimate of drug-likeness (QED) is 0.704. The Morgan fingerprint density at radius 2 is 1.93 bits per heavy atom. The topological polar surface area (TPSA) is 29.4 Å². The van der Waals surface area contributed by atoms with Crippen molar-refractivity contribution in [1.82, 2.24) is 0 Å². The maximum Gasteiger partial charge on any atom is 0.0723 e. The Bertz CT molecular complexity index is 378. The second kappa shape index (κ2) is 5.15. The number of hydrogen-bond acceptors (Lipinski definition) is 2. The highest BCUT2D eigenvalue weighted by molar-refractivity contribution is 7.93. The summed E-state index contributed by atoms with van der Waals surface area (Å²) in [6.45, 7) is 2.80. The predicted molar refractivity (Wildman–Crippen MR) is 61.0 cm³/mol. The van der Waals surface area contributed by atoms with Crippen molar-refractivity contribution in [3.05, 3.63) is 30.3 Å². The van der Waals surface area contributed by atoms with Crippen LogP contribution in [0.3, 0.4) is 0 Å². The third-order valence-corrected chi connectivity index (χ3v) is 3.85. The van der Waals surface area contributed by atoms with Gasteiger partial charge in [0.1, 0.15) is 0 Å². The second-order valence-corrected chi connectivity index (χ2v) is 5.66. The molecule has 0 heterocycles. The minimum Gasteiger partial charge on any atom is -0.245 e. The highest BCUT2D eigenvalue weighted by atomic mass is 32.2.